The minimum absolute atomic E-state index is 0.125. The first kappa shape index (κ1) is 15.1. The van der Waals surface area contributed by atoms with Crippen LogP contribution in [0.2, 0.25) is 0 Å². The van der Waals surface area contributed by atoms with E-state index in [0.29, 0.717) is 0 Å². The molecular weight excluding hydrogens is 273 g/mol. The number of aryl methyl sites for hydroxylation is 1. The van der Waals surface area contributed by atoms with Crippen LogP contribution in [-0.2, 0) is 0 Å². The number of halogens is 1. The lowest BCUT2D eigenvalue weighted by Crippen LogP contribution is -2.20. The van der Waals surface area contributed by atoms with Crippen molar-refractivity contribution in [2.75, 3.05) is 6.54 Å². The van der Waals surface area contributed by atoms with Crippen molar-refractivity contribution in [3.05, 3.63) is 47.7 Å². The fraction of sp³-hybridized carbons (Fsp3) is 0.375. The Balaban J connectivity index is 2.25. The van der Waals surface area contributed by atoms with Gasteiger partial charge >= 0.3 is 0 Å². The van der Waals surface area contributed by atoms with Gasteiger partial charge in [-0.25, -0.2) is 4.39 Å². The van der Waals surface area contributed by atoms with E-state index in [0.717, 1.165) is 34.1 Å². The molecule has 2 aromatic rings. The molecule has 4 heteroatoms. The number of benzene rings is 1. The van der Waals surface area contributed by atoms with Crippen molar-refractivity contribution in [2.24, 2.45) is 0 Å². The van der Waals surface area contributed by atoms with Crippen molar-refractivity contribution in [1.82, 2.24) is 5.32 Å². The molecule has 2 rings (SSSR count). The van der Waals surface area contributed by atoms with Gasteiger partial charge in [-0.2, -0.15) is 0 Å². The summed E-state index contributed by atoms with van der Waals surface area (Å²) in [4.78, 5) is 2.13. The van der Waals surface area contributed by atoms with Crippen LogP contribution in [0.25, 0.3) is 0 Å². The monoisotopic (exact) mass is 293 g/mol. The van der Waals surface area contributed by atoms with Gasteiger partial charge in [0, 0.05) is 10.9 Å². The van der Waals surface area contributed by atoms with Crippen molar-refractivity contribution in [2.45, 2.75) is 43.0 Å². The number of hydrogen-bond acceptors (Lipinski definition) is 3. The fourth-order valence-electron chi connectivity index (χ4n) is 2.02. The molecule has 1 unspecified atom stereocenters. The van der Waals surface area contributed by atoms with Gasteiger partial charge in [-0.3, -0.25) is 0 Å². The van der Waals surface area contributed by atoms with Crippen LogP contribution in [0.3, 0.4) is 0 Å². The van der Waals surface area contributed by atoms with Gasteiger partial charge in [-0.05, 0) is 56.6 Å². The van der Waals surface area contributed by atoms with E-state index in [-0.39, 0.29) is 11.9 Å². The summed E-state index contributed by atoms with van der Waals surface area (Å²) in [7, 11) is 0. The predicted molar refractivity (Wildman–Crippen MR) is 80.7 cm³/mol. The highest BCUT2D eigenvalue weighted by Gasteiger charge is 2.14. The summed E-state index contributed by atoms with van der Waals surface area (Å²) in [6.45, 7) is 7.04. The van der Waals surface area contributed by atoms with E-state index in [1.54, 1.807) is 24.1 Å². The standard InChI is InChI=1S/C16H20FNOS/c1-4-8-18-11(2)14-10-13(17)5-6-16(14)20-15-7-9-19-12(15)3/h5-7,9-11,18H,4,8H2,1-3H3. The van der Waals surface area contributed by atoms with Crippen molar-refractivity contribution in [3.63, 3.8) is 0 Å². The lowest BCUT2D eigenvalue weighted by Gasteiger charge is -2.17. The van der Waals surface area contributed by atoms with E-state index < -0.39 is 0 Å². The molecule has 0 spiro atoms. The van der Waals surface area contributed by atoms with Crippen LogP contribution >= 0.6 is 11.8 Å². The van der Waals surface area contributed by atoms with Gasteiger partial charge in [0.2, 0.25) is 0 Å². The zero-order valence-electron chi connectivity index (χ0n) is 12.1. The Morgan fingerprint density at radius 2 is 2.10 bits per heavy atom. The SMILES string of the molecule is CCCNC(C)c1cc(F)ccc1Sc1ccoc1C. The molecule has 0 amide bonds. The van der Waals surface area contributed by atoms with E-state index in [9.17, 15) is 4.39 Å². The highest BCUT2D eigenvalue weighted by molar-refractivity contribution is 7.99. The molecule has 0 saturated heterocycles. The van der Waals surface area contributed by atoms with Crippen molar-refractivity contribution >= 4 is 11.8 Å². The van der Waals surface area contributed by atoms with Crippen molar-refractivity contribution in [1.29, 1.82) is 0 Å². The van der Waals surface area contributed by atoms with E-state index in [2.05, 4.69) is 19.2 Å². The average Bonchev–Trinajstić information content (AvgIpc) is 2.83. The van der Waals surface area contributed by atoms with E-state index >= 15 is 0 Å². The Morgan fingerprint density at radius 3 is 2.75 bits per heavy atom. The largest absolute Gasteiger partial charge is 0.468 e. The summed E-state index contributed by atoms with van der Waals surface area (Å²) in [5.41, 5.74) is 0.990. The lowest BCUT2D eigenvalue weighted by atomic mass is 10.1. The van der Waals surface area contributed by atoms with Crippen LogP contribution in [0, 0.1) is 12.7 Å². The third-order valence-electron chi connectivity index (χ3n) is 3.17. The molecule has 1 aromatic heterocycles. The summed E-state index contributed by atoms with van der Waals surface area (Å²) in [6, 6.07) is 7.03. The first-order chi connectivity index (χ1) is 9.61. The molecule has 0 aliphatic rings. The molecule has 2 nitrogen and oxygen atoms in total. The van der Waals surface area contributed by atoms with Crippen LogP contribution in [0.4, 0.5) is 4.39 Å². The number of furan rings is 1. The van der Waals surface area contributed by atoms with Gasteiger partial charge < -0.3 is 9.73 Å². The second kappa shape index (κ2) is 6.95. The summed E-state index contributed by atoms with van der Waals surface area (Å²) in [5.74, 6) is 0.692. The average molecular weight is 293 g/mol. The molecule has 1 atom stereocenters. The Bertz CT molecular complexity index is 567. The van der Waals surface area contributed by atoms with E-state index in [4.69, 9.17) is 4.42 Å². The van der Waals surface area contributed by atoms with Crippen LogP contribution < -0.4 is 5.32 Å². The smallest absolute Gasteiger partial charge is 0.123 e. The van der Waals surface area contributed by atoms with Crippen molar-refractivity contribution in [3.8, 4) is 0 Å². The number of rotatable bonds is 6. The maximum absolute atomic E-state index is 13.5. The van der Waals surface area contributed by atoms with E-state index in [1.807, 2.05) is 19.1 Å². The topological polar surface area (TPSA) is 25.2 Å². The second-order valence-corrected chi connectivity index (χ2v) is 5.88. The maximum atomic E-state index is 13.5. The molecule has 0 radical (unpaired) electrons. The highest BCUT2D eigenvalue weighted by atomic mass is 32.2. The molecule has 0 bridgehead atoms. The molecule has 1 heterocycles. The Morgan fingerprint density at radius 1 is 1.30 bits per heavy atom. The van der Waals surface area contributed by atoms with Crippen LogP contribution in [0.1, 0.15) is 37.6 Å². The van der Waals surface area contributed by atoms with Gasteiger partial charge in [-0.1, -0.05) is 18.7 Å². The Kier molecular flexibility index (Phi) is 5.26. The molecule has 1 N–H and O–H groups in total. The summed E-state index contributed by atoms with van der Waals surface area (Å²) in [6.07, 6.45) is 2.74. The van der Waals surface area contributed by atoms with Crippen molar-refractivity contribution < 1.29 is 8.81 Å². The zero-order valence-corrected chi connectivity index (χ0v) is 12.9. The fourth-order valence-corrected chi connectivity index (χ4v) is 3.06. The minimum Gasteiger partial charge on any atom is -0.468 e. The van der Waals surface area contributed by atoms with Crippen LogP contribution in [-0.4, -0.2) is 6.54 Å². The van der Waals surface area contributed by atoms with Gasteiger partial charge in [0.1, 0.15) is 11.6 Å². The Labute approximate surface area is 123 Å². The third-order valence-corrected chi connectivity index (χ3v) is 4.41. The zero-order chi connectivity index (χ0) is 14.5. The first-order valence-corrected chi connectivity index (χ1v) is 7.68. The first-order valence-electron chi connectivity index (χ1n) is 6.86. The van der Waals surface area contributed by atoms with Gasteiger partial charge in [-0.15, -0.1) is 0 Å². The maximum Gasteiger partial charge on any atom is 0.123 e. The quantitative estimate of drug-likeness (QED) is 0.816. The highest BCUT2D eigenvalue weighted by Crippen LogP contribution is 2.35. The normalized spacial score (nSPS) is 12.6. The lowest BCUT2D eigenvalue weighted by molar-refractivity contribution is 0.526. The molecule has 0 aliphatic carbocycles. The molecule has 20 heavy (non-hydrogen) atoms. The third kappa shape index (κ3) is 3.64. The number of hydrogen-bond donors (Lipinski definition) is 1. The molecule has 0 fully saturated rings. The van der Waals surface area contributed by atoms with E-state index in [1.165, 1.54) is 6.07 Å². The number of nitrogens with one attached hydrogen (secondary N) is 1. The molecule has 0 aliphatic heterocycles. The molecule has 1 aromatic carbocycles. The second-order valence-electron chi connectivity index (χ2n) is 4.80. The van der Waals surface area contributed by atoms with Crippen LogP contribution in [0.5, 0.6) is 0 Å². The minimum atomic E-state index is -0.196. The molecule has 108 valence electrons. The summed E-state index contributed by atoms with van der Waals surface area (Å²) >= 11 is 1.62. The van der Waals surface area contributed by atoms with Gasteiger partial charge in [0.25, 0.3) is 0 Å². The predicted octanol–water partition coefficient (Wildman–Crippen LogP) is 4.94. The Hall–Kier alpha value is -1.26. The molecular formula is C16H20FNOS. The summed E-state index contributed by atoms with van der Waals surface area (Å²) < 4.78 is 18.8. The van der Waals surface area contributed by atoms with Gasteiger partial charge in [0.05, 0.1) is 11.2 Å². The summed E-state index contributed by atoms with van der Waals surface area (Å²) in [5, 5.41) is 3.41. The molecule has 0 saturated carbocycles. The van der Waals surface area contributed by atoms with Gasteiger partial charge in [0.15, 0.2) is 0 Å². The van der Waals surface area contributed by atoms with Crippen LogP contribution in [0.15, 0.2) is 44.7 Å².